The average molecular weight is 582 g/mol. The smallest absolute Gasteiger partial charge is 0.303 e. The summed E-state index contributed by atoms with van der Waals surface area (Å²) >= 11 is 3.22. The Kier molecular flexibility index (Phi) is 6.98. The molecule has 8 nitrogen and oxygen atoms in total. The number of phenolic OH excluding ortho intramolecular Hbond substituents is 1. The number of carbonyl (C=O) groups is 5. The highest BCUT2D eigenvalue weighted by Crippen LogP contribution is 2.55. The third-order valence-electron chi connectivity index (χ3n) is 8.25. The van der Waals surface area contributed by atoms with Gasteiger partial charge in [-0.1, -0.05) is 30.2 Å². The summed E-state index contributed by atoms with van der Waals surface area (Å²) in [5.41, 5.74) is 3.02. The minimum Gasteiger partial charge on any atom is -0.508 e. The fourth-order valence-corrected chi connectivity index (χ4v) is 6.90. The molecule has 3 aliphatic carbocycles. The SMILES string of the molecule is Cc1cc([C@H]2C3=CC[C@@H]4C(=O)N(CCCCCC(=O)O)C(=O)[C@@H]4[C@@H]3CC3=C2C(=O)C=C(Br)C3=O)ccc1O. The number of carbonyl (C=O) groups excluding carboxylic acids is 4. The van der Waals surface area contributed by atoms with Crippen molar-refractivity contribution >= 4 is 45.3 Å². The number of likely N-dealkylation sites (tertiary alicyclic amines) is 1. The second-order valence-electron chi connectivity index (χ2n) is 10.5. The molecule has 2 amide bonds. The number of halogens is 1. The number of benzene rings is 1. The minimum atomic E-state index is -0.871. The Labute approximate surface area is 228 Å². The van der Waals surface area contributed by atoms with Gasteiger partial charge in [-0.05, 0) is 71.6 Å². The molecule has 1 saturated heterocycles. The third-order valence-corrected chi connectivity index (χ3v) is 8.84. The second kappa shape index (κ2) is 10.1. The van der Waals surface area contributed by atoms with E-state index in [2.05, 4.69) is 15.9 Å². The Morgan fingerprint density at radius 2 is 1.84 bits per heavy atom. The van der Waals surface area contributed by atoms with E-state index in [1.807, 2.05) is 6.08 Å². The van der Waals surface area contributed by atoms with E-state index >= 15 is 0 Å². The molecule has 2 N–H and O–H groups in total. The Balaban J connectivity index is 1.50. The Hall–Kier alpha value is -3.33. The molecule has 198 valence electrons. The van der Waals surface area contributed by atoms with Crippen LogP contribution in [-0.2, 0) is 24.0 Å². The van der Waals surface area contributed by atoms with Gasteiger partial charge >= 0.3 is 5.97 Å². The van der Waals surface area contributed by atoms with Crippen LogP contribution in [0.15, 0.2) is 51.6 Å². The maximum Gasteiger partial charge on any atom is 0.303 e. The highest BCUT2D eigenvalue weighted by molar-refractivity contribution is 9.12. The third kappa shape index (κ3) is 4.36. The molecule has 1 fully saturated rings. The first-order valence-corrected chi connectivity index (χ1v) is 13.6. The van der Waals surface area contributed by atoms with Crippen LogP contribution in [0.25, 0.3) is 0 Å². The molecule has 0 radical (unpaired) electrons. The molecule has 5 rings (SSSR count). The van der Waals surface area contributed by atoms with Crippen LogP contribution < -0.4 is 0 Å². The number of fused-ring (bicyclic) bond motifs is 3. The number of aryl methyl sites for hydroxylation is 1. The number of Topliss-reactive ketones (excluding diaryl/α,β-unsaturated/α-hetero) is 1. The lowest BCUT2D eigenvalue weighted by molar-refractivity contribution is -0.141. The molecule has 38 heavy (non-hydrogen) atoms. The van der Waals surface area contributed by atoms with Crippen LogP contribution in [0.3, 0.4) is 0 Å². The first-order chi connectivity index (χ1) is 18.1. The number of aromatic hydroxyl groups is 1. The van der Waals surface area contributed by atoms with Crippen LogP contribution in [0, 0.1) is 24.7 Å². The van der Waals surface area contributed by atoms with Gasteiger partial charge in [0.05, 0.1) is 16.3 Å². The molecular formula is C29H28BrNO7. The van der Waals surface area contributed by atoms with Crippen molar-refractivity contribution < 1.29 is 34.2 Å². The lowest BCUT2D eigenvalue weighted by Gasteiger charge is -2.42. The van der Waals surface area contributed by atoms with Crippen molar-refractivity contribution in [3.05, 3.63) is 62.7 Å². The highest BCUT2D eigenvalue weighted by atomic mass is 79.9. The van der Waals surface area contributed by atoms with Gasteiger partial charge in [0.25, 0.3) is 0 Å². The molecule has 0 spiro atoms. The average Bonchev–Trinajstić information content (AvgIpc) is 3.12. The van der Waals surface area contributed by atoms with Gasteiger partial charge in [0, 0.05) is 36.1 Å². The van der Waals surface area contributed by atoms with E-state index in [0.29, 0.717) is 42.4 Å². The van der Waals surface area contributed by atoms with Crippen molar-refractivity contribution in [1.29, 1.82) is 0 Å². The molecule has 0 saturated carbocycles. The van der Waals surface area contributed by atoms with Gasteiger partial charge < -0.3 is 10.2 Å². The summed E-state index contributed by atoms with van der Waals surface area (Å²) in [7, 11) is 0. The molecule has 4 atom stereocenters. The van der Waals surface area contributed by atoms with Crippen LogP contribution >= 0.6 is 15.9 Å². The quantitative estimate of drug-likeness (QED) is 0.214. The number of allylic oxidation sites excluding steroid dienone is 6. The number of carboxylic acid groups (broad SMARTS) is 1. The summed E-state index contributed by atoms with van der Waals surface area (Å²) in [4.78, 5) is 65.5. The van der Waals surface area contributed by atoms with Crippen LogP contribution in [0.1, 0.15) is 55.6 Å². The summed E-state index contributed by atoms with van der Waals surface area (Å²) in [5, 5.41) is 18.9. The lowest BCUT2D eigenvalue weighted by atomic mass is 9.59. The number of aliphatic carboxylic acids is 1. The van der Waals surface area contributed by atoms with E-state index in [4.69, 9.17) is 5.11 Å². The van der Waals surface area contributed by atoms with Gasteiger partial charge in [-0.2, -0.15) is 0 Å². The molecule has 0 aromatic heterocycles. The van der Waals surface area contributed by atoms with Gasteiger partial charge in [0.1, 0.15) is 5.75 Å². The van der Waals surface area contributed by atoms with Gasteiger partial charge in [-0.3, -0.25) is 28.9 Å². The summed E-state index contributed by atoms with van der Waals surface area (Å²) in [6.45, 7) is 2.00. The van der Waals surface area contributed by atoms with Gasteiger partial charge in [0.15, 0.2) is 11.6 Å². The number of phenols is 1. The van der Waals surface area contributed by atoms with E-state index in [1.54, 1.807) is 25.1 Å². The van der Waals surface area contributed by atoms with Crippen LogP contribution in [0.5, 0.6) is 5.75 Å². The van der Waals surface area contributed by atoms with Crippen molar-refractivity contribution in [3.63, 3.8) is 0 Å². The fourth-order valence-electron chi connectivity index (χ4n) is 6.45. The number of hydrogen-bond acceptors (Lipinski definition) is 6. The second-order valence-corrected chi connectivity index (χ2v) is 11.3. The number of carboxylic acids is 1. The number of hydrogen-bond donors (Lipinski definition) is 2. The zero-order valence-electron chi connectivity index (χ0n) is 20.9. The van der Waals surface area contributed by atoms with E-state index in [-0.39, 0.29) is 53.0 Å². The van der Waals surface area contributed by atoms with Crippen molar-refractivity contribution in [1.82, 2.24) is 4.90 Å². The van der Waals surface area contributed by atoms with Gasteiger partial charge in [-0.15, -0.1) is 0 Å². The molecule has 1 aromatic carbocycles. The molecule has 9 heteroatoms. The van der Waals surface area contributed by atoms with Crippen LogP contribution in [0.4, 0.5) is 0 Å². The van der Waals surface area contributed by atoms with Gasteiger partial charge in [-0.25, -0.2) is 0 Å². The zero-order valence-corrected chi connectivity index (χ0v) is 22.5. The van der Waals surface area contributed by atoms with Crippen molar-refractivity contribution in [3.8, 4) is 5.75 Å². The maximum atomic E-state index is 13.7. The van der Waals surface area contributed by atoms with Crippen molar-refractivity contribution in [2.45, 2.75) is 51.4 Å². The number of unbranched alkanes of at least 4 members (excludes halogenated alkanes) is 2. The largest absolute Gasteiger partial charge is 0.508 e. The Bertz CT molecular complexity index is 1370. The van der Waals surface area contributed by atoms with E-state index in [0.717, 1.165) is 11.1 Å². The minimum absolute atomic E-state index is 0.0504. The number of imide groups is 1. The van der Waals surface area contributed by atoms with E-state index < -0.39 is 29.6 Å². The highest BCUT2D eigenvalue weighted by Gasteiger charge is 2.56. The number of nitrogens with zero attached hydrogens (tertiary/aromatic N) is 1. The lowest BCUT2D eigenvalue weighted by Crippen LogP contribution is -2.39. The summed E-state index contributed by atoms with van der Waals surface area (Å²) < 4.78 is 0.179. The Morgan fingerprint density at radius 1 is 1.08 bits per heavy atom. The molecule has 0 unspecified atom stereocenters. The molecule has 4 aliphatic rings. The van der Waals surface area contributed by atoms with E-state index in [1.165, 1.54) is 11.0 Å². The normalized spacial score (nSPS) is 26.6. The topological polar surface area (TPSA) is 129 Å². The molecule has 1 aliphatic heterocycles. The molecule has 1 aromatic rings. The summed E-state index contributed by atoms with van der Waals surface area (Å²) in [6.07, 6.45) is 5.50. The van der Waals surface area contributed by atoms with Crippen molar-refractivity contribution in [2.75, 3.05) is 6.54 Å². The predicted molar refractivity (Wildman–Crippen MR) is 140 cm³/mol. The van der Waals surface area contributed by atoms with Crippen LogP contribution in [-0.4, -0.2) is 51.0 Å². The standard InChI is InChI=1S/C29H28BrNO7/c1-14-11-15(6-9-21(14)32)24-16-7-8-17-25(18(16)12-19-26(24)22(33)13-20(30)27(19)36)29(38)31(28(17)37)10-4-2-3-5-23(34)35/h6-7,9,11,13,17-18,24-25,32H,2-5,8,10,12H2,1H3,(H,34,35)/t17-,18+,24-,25-/m0/s1. The first-order valence-electron chi connectivity index (χ1n) is 12.9. The zero-order chi connectivity index (χ0) is 27.3. The monoisotopic (exact) mass is 581 g/mol. The predicted octanol–water partition coefficient (Wildman–Crippen LogP) is 4.11. The fraction of sp³-hybridized carbons (Fsp3) is 0.414. The summed E-state index contributed by atoms with van der Waals surface area (Å²) in [5.74, 6) is -3.88. The Morgan fingerprint density at radius 3 is 2.55 bits per heavy atom. The number of ketones is 2. The molecule has 0 bridgehead atoms. The maximum absolute atomic E-state index is 13.7. The number of rotatable bonds is 7. The van der Waals surface area contributed by atoms with E-state index in [9.17, 15) is 29.1 Å². The summed E-state index contributed by atoms with van der Waals surface area (Å²) in [6, 6.07) is 5.11. The molecule has 1 heterocycles. The van der Waals surface area contributed by atoms with Crippen LogP contribution in [0.2, 0.25) is 0 Å². The van der Waals surface area contributed by atoms with Gasteiger partial charge in [0.2, 0.25) is 11.8 Å². The van der Waals surface area contributed by atoms with Crippen molar-refractivity contribution in [2.24, 2.45) is 17.8 Å². The molecular weight excluding hydrogens is 554 g/mol. The number of amides is 2. The first kappa shape index (κ1) is 26.3.